The summed E-state index contributed by atoms with van der Waals surface area (Å²) in [4.78, 5) is 0. The molecule has 0 bridgehead atoms. The summed E-state index contributed by atoms with van der Waals surface area (Å²) in [6, 6.07) is 0. The largest absolute Gasteiger partial charge is 0.381 e. The number of hydrogen-bond acceptors (Lipinski definition) is 4. The van der Waals surface area contributed by atoms with E-state index in [-0.39, 0.29) is 5.60 Å². The van der Waals surface area contributed by atoms with E-state index in [0.29, 0.717) is 11.7 Å². The highest BCUT2D eigenvalue weighted by Gasteiger charge is 2.39. The van der Waals surface area contributed by atoms with Crippen molar-refractivity contribution in [3.8, 4) is 0 Å². The van der Waals surface area contributed by atoms with Gasteiger partial charge in [-0.3, -0.25) is 0 Å². The smallest absolute Gasteiger partial charge is 0.170 e. The zero-order chi connectivity index (χ0) is 11.8. The maximum absolute atomic E-state index is 5.82. The first kappa shape index (κ1) is 11.5. The van der Waals surface area contributed by atoms with Crippen LogP contribution < -0.4 is 5.73 Å². The number of nitrogens with two attached hydrogens (primary N) is 1. The van der Waals surface area contributed by atoms with Crippen LogP contribution in [-0.2, 0) is 11.2 Å². The van der Waals surface area contributed by atoms with Gasteiger partial charge in [0.15, 0.2) is 5.82 Å². The van der Waals surface area contributed by atoms with Crippen LogP contribution in [0.4, 0.5) is 5.82 Å². The molecule has 1 aromatic heterocycles. The third kappa shape index (κ3) is 1.82. The van der Waals surface area contributed by atoms with Crippen LogP contribution >= 0.6 is 0 Å². The van der Waals surface area contributed by atoms with Crippen molar-refractivity contribution < 1.29 is 9.26 Å². The van der Waals surface area contributed by atoms with E-state index in [1.807, 2.05) is 0 Å². The average molecular weight is 224 g/mol. The molecule has 1 aliphatic carbocycles. The summed E-state index contributed by atoms with van der Waals surface area (Å²) >= 11 is 0. The number of ether oxygens (including phenoxy) is 1. The number of hydrogen-bond donors (Lipinski definition) is 1. The number of rotatable bonds is 4. The summed E-state index contributed by atoms with van der Waals surface area (Å²) in [7, 11) is 1.77. The van der Waals surface area contributed by atoms with Crippen molar-refractivity contribution >= 4 is 5.82 Å². The molecule has 16 heavy (non-hydrogen) atoms. The molecule has 1 fully saturated rings. The van der Waals surface area contributed by atoms with Gasteiger partial charge in [0.25, 0.3) is 0 Å². The van der Waals surface area contributed by atoms with Crippen LogP contribution in [0, 0.1) is 0 Å². The van der Waals surface area contributed by atoms with Crippen LogP contribution in [-0.4, -0.2) is 17.9 Å². The van der Waals surface area contributed by atoms with Gasteiger partial charge in [-0.2, -0.15) is 0 Å². The molecule has 0 atom stereocenters. The molecule has 1 aromatic rings. The lowest BCUT2D eigenvalue weighted by atomic mass is 9.76. The number of methoxy groups -OCH3 is 1. The van der Waals surface area contributed by atoms with Gasteiger partial charge in [0.1, 0.15) is 5.76 Å². The van der Waals surface area contributed by atoms with E-state index in [1.165, 1.54) is 6.42 Å². The minimum atomic E-state index is -0.0321. The zero-order valence-electron chi connectivity index (χ0n) is 10.2. The van der Waals surface area contributed by atoms with Crippen LogP contribution in [0.2, 0.25) is 0 Å². The van der Waals surface area contributed by atoms with Crippen LogP contribution in [0.25, 0.3) is 0 Å². The van der Waals surface area contributed by atoms with Gasteiger partial charge in [0.05, 0.1) is 5.60 Å². The molecule has 1 saturated carbocycles. The molecule has 1 heterocycles. The summed E-state index contributed by atoms with van der Waals surface area (Å²) in [5, 5.41) is 3.86. The van der Waals surface area contributed by atoms with Crippen LogP contribution in [0.1, 0.15) is 50.4 Å². The Kier molecular flexibility index (Phi) is 2.93. The number of nitrogen functional groups attached to an aromatic ring is 1. The molecule has 90 valence electrons. The van der Waals surface area contributed by atoms with Crippen LogP contribution in [0.15, 0.2) is 4.52 Å². The highest BCUT2D eigenvalue weighted by Crippen LogP contribution is 2.40. The molecule has 0 spiro atoms. The Bertz CT molecular complexity index is 362. The Morgan fingerprint density at radius 1 is 1.50 bits per heavy atom. The second-order valence-electron chi connectivity index (χ2n) is 4.98. The van der Waals surface area contributed by atoms with Crippen molar-refractivity contribution in [3.05, 3.63) is 11.3 Å². The molecule has 0 amide bonds. The summed E-state index contributed by atoms with van der Waals surface area (Å²) in [5.74, 6) is 1.76. The lowest BCUT2D eigenvalue weighted by molar-refractivity contribution is -0.0745. The van der Waals surface area contributed by atoms with Crippen molar-refractivity contribution in [2.75, 3.05) is 12.8 Å². The summed E-state index contributed by atoms with van der Waals surface area (Å²) in [5.41, 5.74) is 6.83. The van der Waals surface area contributed by atoms with E-state index in [0.717, 1.165) is 30.6 Å². The predicted octanol–water partition coefficient (Wildman–Crippen LogP) is 2.49. The van der Waals surface area contributed by atoms with Gasteiger partial charge in [0.2, 0.25) is 0 Å². The van der Waals surface area contributed by atoms with Crippen molar-refractivity contribution in [2.45, 2.75) is 51.0 Å². The zero-order valence-corrected chi connectivity index (χ0v) is 10.2. The second-order valence-corrected chi connectivity index (χ2v) is 4.98. The van der Waals surface area contributed by atoms with E-state index in [1.54, 1.807) is 7.11 Å². The Morgan fingerprint density at radius 3 is 2.62 bits per heavy atom. The quantitative estimate of drug-likeness (QED) is 0.853. The number of nitrogens with zero attached hydrogens (tertiary/aromatic N) is 1. The normalized spacial score (nSPS) is 18.8. The molecule has 0 radical (unpaired) electrons. The molecule has 1 aliphatic rings. The lowest BCUT2D eigenvalue weighted by Crippen LogP contribution is -2.41. The van der Waals surface area contributed by atoms with Crippen molar-refractivity contribution in [1.82, 2.24) is 5.16 Å². The fourth-order valence-electron chi connectivity index (χ4n) is 2.41. The lowest BCUT2D eigenvalue weighted by Gasteiger charge is -2.40. The van der Waals surface area contributed by atoms with Gasteiger partial charge in [-0.25, -0.2) is 0 Å². The maximum atomic E-state index is 5.82. The summed E-state index contributed by atoms with van der Waals surface area (Å²) in [6.07, 6.45) is 4.22. The fourth-order valence-corrected chi connectivity index (χ4v) is 2.41. The number of anilines is 1. The third-order valence-corrected chi connectivity index (χ3v) is 3.59. The Labute approximate surface area is 96.1 Å². The summed E-state index contributed by atoms with van der Waals surface area (Å²) in [6.45, 7) is 4.21. The molecule has 2 rings (SSSR count). The van der Waals surface area contributed by atoms with Crippen LogP contribution in [0.5, 0.6) is 0 Å². The minimum absolute atomic E-state index is 0.0321. The first-order chi connectivity index (χ1) is 7.58. The third-order valence-electron chi connectivity index (χ3n) is 3.59. The van der Waals surface area contributed by atoms with Gasteiger partial charge in [-0.05, 0) is 25.2 Å². The molecular formula is C12H20N2O2. The Balaban J connectivity index is 2.21. The topological polar surface area (TPSA) is 61.3 Å². The monoisotopic (exact) mass is 224 g/mol. The molecule has 2 N–H and O–H groups in total. The molecule has 0 saturated heterocycles. The first-order valence-electron chi connectivity index (χ1n) is 5.87. The standard InChI is InChI=1S/C12H20N2O2/c1-8(2)10-9(16-14-11(10)13)7-12(15-3)5-4-6-12/h8H,4-7H2,1-3H3,(H2,13,14). The molecule has 4 heteroatoms. The second kappa shape index (κ2) is 4.09. The first-order valence-corrected chi connectivity index (χ1v) is 5.87. The van der Waals surface area contributed by atoms with Crippen molar-refractivity contribution in [1.29, 1.82) is 0 Å². The highest BCUT2D eigenvalue weighted by molar-refractivity contribution is 5.43. The number of aromatic nitrogens is 1. The molecular weight excluding hydrogens is 204 g/mol. The maximum Gasteiger partial charge on any atom is 0.170 e. The van der Waals surface area contributed by atoms with Crippen LogP contribution in [0.3, 0.4) is 0 Å². The Hall–Kier alpha value is -1.03. The van der Waals surface area contributed by atoms with Crippen molar-refractivity contribution in [2.24, 2.45) is 0 Å². The SMILES string of the molecule is COC1(Cc2onc(N)c2C(C)C)CCC1. The Morgan fingerprint density at radius 2 is 2.19 bits per heavy atom. The molecule has 0 unspecified atom stereocenters. The van der Waals surface area contributed by atoms with E-state index in [9.17, 15) is 0 Å². The molecule has 0 aliphatic heterocycles. The molecule has 0 aromatic carbocycles. The van der Waals surface area contributed by atoms with Gasteiger partial charge in [-0.15, -0.1) is 0 Å². The highest BCUT2D eigenvalue weighted by atomic mass is 16.5. The van der Waals surface area contributed by atoms with Gasteiger partial charge in [0, 0.05) is 19.1 Å². The van der Waals surface area contributed by atoms with Gasteiger partial charge < -0.3 is 15.0 Å². The van der Waals surface area contributed by atoms with E-state index >= 15 is 0 Å². The average Bonchev–Trinajstić information content (AvgIpc) is 2.53. The van der Waals surface area contributed by atoms with E-state index in [4.69, 9.17) is 15.0 Å². The van der Waals surface area contributed by atoms with Gasteiger partial charge in [-0.1, -0.05) is 19.0 Å². The van der Waals surface area contributed by atoms with Gasteiger partial charge >= 0.3 is 0 Å². The molecule has 4 nitrogen and oxygen atoms in total. The van der Waals surface area contributed by atoms with Crippen molar-refractivity contribution in [3.63, 3.8) is 0 Å². The van der Waals surface area contributed by atoms with E-state index in [2.05, 4.69) is 19.0 Å². The summed E-state index contributed by atoms with van der Waals surface area (Å²) < 4.78 is 10.9. The fraction of sp³-hybridized carbons (Fsp3) is 0.750. The van der Waals surface area contributed by atoms with E-state index < -0.39 is 0 Å². The predicted molar refractivity (Wildman–Crippen MR) is 62.3 cm³/mol. The minimum Gasteiger partial charge on any atom is -0.381 e.